The lowest BCUT2D eigenvalue weighted by atomic mass is 9.97. The van der Waals surface area contributed by atoms with Crippen LogP contribution in [0.1, 0.15) is 35.1 Å². The number of halogens is 2. The molecule has 2 aromatic rings. The predicted octanol–water partition coefficient (Wildman–Crippen LogP) is 2.45. The van der Waals surface area contributed by atoms with Crippen molar-refractivity contribution in [3.63, 3.8) is 0 Å². The zero-order valence-electron chi connectivity index (χ0n) is 16.6. The molecule has 1 atom stereocenters. The molecule has 2 fully saturated rings. The van der Waals surface area contributed by atoms with Crippen LogP contribution in [0.25, 0.3) is 5.69 Å². The second kappa shape index (κ2) is 10.7. The summed E-state index contributed by atoms with van der Waals surface area (Å²) < 4.78 is 7.27. The zero-order valence-corrected chi connectivity index (χ0v) is 18.2. The molecule has 2 saturated heterocycles. The fourth-order valence-electron chi connectivity index (χ4n) is 3.91. The third kappa shape index (κ3) is 5.06. The molecule has 0 spiro atoms. The van der Waals surface area contributed by atoms with Gasteiger partial charge in [-0.05, 0) is 25.0 Å². The van der Waals surface area contributed by atoms with Crippen LogP contribution in [0.3, 0.4) is 0 Å². The van der Waals surface area contributed by atoms with Crippen LogP contribution in [0.5, 0.6) is 0 Å². The third-order valence-corrected chi connectivity index (χ3v) is 5.36. The smallest absolute Gasteiger partial charge is 0.320 e. The monoisotopic (exact) mass is 455 g/mol. The highest BCUT2D eigenvalue weighted by Crippen LogP contribution is 2.29. The average Bonchev–Trinajstić information content (AvgIpc) is 3.20. The van der Waals surface area contributed by atoms with Gasteiger partial charge in [0, 0.05) is 44.0 Å². The molecule has 1 aromatic carbocycles. The highest BCUT2D eigenvalue weighted by Gasteiger charge is 2.31. The predicted molar refractivity (Wildman–Crippen MR) is 118 cm³/mol. The van der Waals surface area contributed by atoms with Gasteiger partial charge in [-0.15, -0.1) is 24.8 Å². The Morgan fingerprint density at radius 1 is 1.03 bits per heavy atom. The molecule has 1 aromatic heterocycles. The number of amides is 3. The Morgan fingerprint density at radius 3 is 2.40 bits per heavy atom. The Kier molecular flexibility index (Phi) is 8.52. The summed E-state index contributed by atoms with van der Waals surface area (Å²) in [6, 6.07) is 9.82. The van der Waals surface area contributed by atoms with Crippen LogP contribution in [0.15, 0.2) is 36.5 Å². The van der Waals surface area contributed by atoms with Gasteiger partial charge in [-0.2, -0.15) is 0 Å². The molecule has 8 nitrogen and oxygen atoms in total. The van der Waals surface area contributed by atoms with Crippen molar-refractivity contribution in [2.24, 2.45) is 5.73 Å². The van der Waals surface area contributed by atoms with E-state index < -0.39 is 5.91 Å². The molecule has 30 heavy (non-hydrogen) atoms. The molecule has 0 bridgehead atoms. The van der Waals surface area contributed by atoms with Crippen molar-refractivity contribution >= 4 is 36.8 Å². The number of piperidine rings is 1. The number of nitrogens with zero attached hydrogens (tertiary/aromatic N) is 4. The minimum atomic E-state index is -0.548. The SMILES string of the molecule is Cl.Cl.NC(=O)c1cn(-c2ccccc2)c(C2CCCN(C(=O)N3CCOCC3)C2)n1. The largest absolute Gasteiger partial charge is 0.378 e. The number of rotatable bonds is 3. The molecule has 0 saturated carbocycles. The summed E-state index contributed by atoms with van der Waals surface area (Å²) in [5, 5.41) is 0. The van der Waals surface area contributed by atoms with Gasteiger partial charge in [0.2, 0.25) is 0 Å². The van der Waals surface area contributed by atoms with Gasteiger partial charge in [0.25, 0.3) is 5.91 Å². The van der Waals surface area contributed by atoms with E-state index in [1.807, 2.05) is 44.7 Å². The topological polar surface area (TPSA) is 93.7 Å². The van der Waals surface area contributed by atoms with Crippen LogP contribution >= 0.6 is 24.8 Å². The molecule has 0 radical (unpaired) electrons. The van der Waals surface area contributed by atoms with Crippen molar-refractivity contribution in [1.82, 2.24) is 19.4 Å². The maximum absolute atomic E-state index is 12.9. The molecule has 2 aliphatic heterocycles. The minimum Gasteiger partial charge on any atom is -0.378 e. The van der Waals surface area contributed by atoms with Gasteiger partial charge in [-0.3, -0.25) is 4.79 Å². The molecule has 4 rings (SSSR count). The Hall–Kier alpha value is -2.29. The van der Waals surface area contributed by atoms with Crippen LogP contribution in [0.4, 0.5) is 4.79 Å². The molecule has 10 heteroatoms. The number of para-hydroxylation sites is 1. The van der Waals surface area contributed by atoms with Gasteiger partial charge in [-0.1, -0.05) is 18.2 Å². The van der Waals surface area contributed by atoms with E-state index in [1.54, 1.807) is 6.20 Å². The van der Waals surface area contributed by atoms with E-state index in [0.29, 0.717) is 32.8 Å². The molecule has 2 aliphatic rings. The molecular weight excluding hydrogens is 429 g/mol. The molecule has 164 valence electrons. The summed E-state index contributed by atoms with van der Waals surface area (Å²) in [4.78, 5) is 32.9. The van der Waals surface area contributed by atoms with Gasteiger partial charge in [0.15, 0.2) is 0 Å². The summed E-state index contributed by atoms with van der Waals surface area (Å²) in [5.74, 6) is 0.277. The minimum absolute atomic E-state index is 0. The van der Waals surface area contributed by atoms with Crippen LogP contribution in [0, 0.1) is 0 Å². The van der Waals surface area contributed by atoms with Gasteiger partial charge < -0.3 is 24.8 Å². The number of primary amides is 1. The molecule has 1 unspecified atom stereocenters. The summed E-state index contributed by atoms with van der Waals surface area (Å²) in [7, 11) is 0. The number of hydrogen-bond acceptors (Lipinski definition) is 4. The molecule has 3 heterocycles. The number of morpholine rings is 1. The fraction of sp³-hybridized carbons (Fsp3) is 0.450. The summed E-state index contributed by atoms with van der Waals surface area (Å²) in [6.07, 6.45) is 3.50. The molecule has 0 aliphatic carbocycles. The number of benzene rings is 1. The van der Waals surface area contributed by atoms with Crippen molar-refractivity contribution < 1.29 is 14.3 Å². The van der Waals surface area contributed by atoms with Crippen molar-refractivity contribution in [3.05, 3.63) is 48.0 Å². The highest BCUT2D eigenvalue weighted by atomic mass is 35.5. The third-order valence-electron chi connectivity index (χ3n) is 5.36. The maximum atomic E-state index is 12.9. The van der Waals surface area contributed by atoms with Crippen molar-refractivity contribution in [3.8, 4) is 5.69 Å². The van der Waals surface area contributed by atoms with Gasteiger partial charge in [0.05, 0.1) is 13.2 Å². The Bertz CT molecular complexity index is 855. The summed E-state index contributed by atoms with van der Waals surface area (Å²) >= 11 is 0. The zero-order chi connectivity index (χ0) is 19.5. The second-order valence-corrected chi connectivity index (χ2v) is 7.22. The number of likely N-dealkylation sites (tertiary alicyclic amines) is 1. The Labute approximate surface area is 188 Å². The normalized spacial score (nSPS) is 18.9. The van der Waals surface area contributed by atoms with Gasteiger partial charge in [0.1, 0.15) is 11.5 Å². The quantitative estimate of drug-likeness (QED) is 0.768. The number of hydrogen-bond donors (Lipinski definition) is 1. The first-order valence-electron chi connectivity index (χ1n) is 9.69. The molecule has 2 N–H and O–H groups in total. The number of aromatic nitrogens is 2. The van der Waals surface area contributed by atoms with E-state index in [-0.39, 0.29) is 42.5 Å². The second-order valence-electron chi connectivity index (χ2n) is 7.22. The summed E-state index contributed by atoms with van der Waals surface area (Å²) in [5.41, 5.74) is 6.65. The number of urea groups is 1. The first kappa shape index (κ1) is 24.0. The van der Waals surface area contributed by atoms with E-state index in [1.165, 1.54) is 0 Å². The lowest BCUT2D eigenvalue weighted by Crippen LogP contribution is -2.50. The number of nitrogens with two attached hydrogens (primary N) is 1. The van der Waals surface area contributed by atoms with Crippen LogP contribution in [-0.2, 0) is 4.74 Å². The Balaban J connectivity index is 0.00000160. The number of carbonyl (C=O) groups is 2. The highest BCUT2D eigenvalue weighted by molar-refractivity contribution is 5.90. The fourth-order valence-corrected chi connectivity index (χ4v) is 3.91. The van der Waals surface area contributed by atoms with Gasteiger partial charge in [-0.25, -0.2) is 9.78 Å². The summed E-state index contributed by atoms with van der Waals surface area (Å²) in [6.45, 7) is 3.75. The first-order chi connectivity index (χ1) is 13.6. The van der Waals surface area contributed by atoms with E-state index in [0.717, 1.165) is 30.9 Å². The van der Waals surface area contributed by atoms with Crippen LogP contribution < -0.4 is 5.73 Å². The standard InChI is InChI=1S/C20H25N5O3.2ClH/c21-18(26)17-14-25(16-6-2-1-3-7-16)19(22-17)15-5-4-8-24(13-15)20(27)23-9-11-28-12-10-23;;/h1-3,6-7,14-15H,4-5,8-13H2,(H2,21,26);2*1H. The van der Waals surface area contributed by atoms with Crippen molar-refractivity contribution in [2.75, 3.05) is 39.4 Å². The van der Waals surface area contributed by atoms with E-state index >= 15 is 0 Å². The number of carbonyl (C=O) groups excluding carboxylic acids is 2. The first-order valence-corrected chi connectivity index (χ1v) is 9.69. The van der Waals surface area contributed by atoms with E-state index in [9.17, 15) is 9.59 Å². The van der Waals surface area contributed by atoms with Crippen molar-refractivity contribution in [2.45, 2.75) is 18.8 Å². The molecular formula is C20H27Cl2N5O3. The molecule has 3 amide bonds. The van der Waals surface area contributed by atoms with E-state index in [4.69, 9.17) is 10.5 Å². The van der Waals surface area contributed by atoms with Crippen molar-refractivity contribution in [1.29, 1.82) is 0 Å². The number of imidazole rings is 1. The van der Waals surface area contributed by atoms with Gasteiger partial charge >= 0.3 is 6.03 Å². The Morgan fingerprint density at radius 2 is 1.73 bits per heavy atom. The average molecular weight is 456 g/mol. The van der Waals surface area contributed by atoms with Crippen LogP contribution in [-0.4, -0.2) is 70.7 Å². The maximum Gasteiger partial charge on any atom is 0.320 e. The lowest BCUT2D eigenvalue weighted by Gasteiger charge is -2.37. The lowest BCUT2D eigenvalue weighted by molar-refractivity contribution is 0.0407. The van der Waals surface area contributed by atoms with E-state index in [2.05, 4.69) is 4.98 Å². The number of ether oxygens (including phenoxy) is 1. The van der Waals surface area contributed by atoms with Crippen LogP contribution in [0.2, 0.25) is 0 Å².